The molecule has 0 saturated carbocycles. The summed E-state index contributed by atoms with van der Waals surface area (Å²) >= 11 is 6.81. The molecule has 0 fully saturated rings. The van der Waals surface area contributed by atoms with Gasteiger partial charge in [0.05, 0.1) is 22.8 Å². The lowest BCUT2D eigenvalue weighted by Crippen LogP contribution is -2.14. The fraction of sp³-hybridized carbons (Fsp3) is 0.0952. The van der Waals surface area contributed by atoms with Crippen molar-refractivity contribution in [2.24, 2.45) is 0 Å². The number of rotatable bonds is 4. The molecule has 9 heteroatoms. The number of hydrogen-bond acceptors (Lipinski definition) is 4. The summed E-state index contributed by atoms with van der Waals surface area (Å²) in [5, 5.41) is 11.8. The average Bonchev–Trinajstić information content (AvgIpc) is 3.10. The normalized spacial score (nSPS) is 11.0. The highest BCUT2D eigenvalue weighted by Crippen LogP contribution is 2.33. The Morgan fingerprint density at radius 3 is 2.40 bits per heavy atom. The maximum absolute atomic E-state index is 13.2. The third kappa shape index (κ3) is 3.95. The summed E-state index contributed by atoms with van der Waals surface area (Å²) < 4.78 is 20.0. The number of aromatic nitrogens is 3. The summed E-state index contributed by atoms with van der Waals surface area (Å²) in [5.74, 6) is -0.204. The van der Waals surface area contributed by atoms with Gasteiger partial charge in [0.2, 0.25) is 0 Å². The van der Waals surface area contributed by atoms with E-state index < -0.39 is 0 Å². The first-order valence-electron chi connectivity index (χ1n) is 8.84. The topological polar surface area (TPSA) is 69.0 Å². The van der Waals surface area contributed by atoms with Crippen LogP contribution in [0.5, 0.6) is 5.75 Å². The molecular formula is C21H15Br2FN4O2. The van der Waals surface area contributed by atoms with E-state index in [9.17, 15) is 9.18 Å². The second-order valence-electron chi connectivity index (χ2n) is 6.54. The van der Waals surface area contributed by atoms with Gasteiger partial charge >= 0.3 is 0 Å². The lowest BCUT2D eigenvalue weighted by atomic mass is 10.1. The summed E-state index contributed by atoms with van der Waals surface area (Å²) in [6.07, 6.45) is 0. The summed E-state index contributed by atoms with van der Waals surface area (Å²) in [4.78, 5) is 14.4. The van der Waals surface area contributed by atoms with Crippen LogP contribution in [0, 0.1) is 12.7 Å². The molecule has 0 atom stereocenters. The second-order valence-corrected chi connectivity index (χ2v) is 8.31. The van der Waals surface area contributed by atoms with Crippen LogP contribution in [0.25, 0.3) is 16.7 Å². The monoisotopic (exact) mass is 532 g/mol. The van der Waals surface area contributed by atoms with Crippen LogP contribution >= 0.6 is 31.9 Å². The second kappa shape index (κ2) is 8.16. The largest absolute Gasteiger partial charge is 0.495 e. The van der Waals surface area contributed by atoms with Crippen molar-refractivity contribution >= 4 is 54.5 Å². The zero-order valence-corrected chi connectivity index (χ0v) is 19.1. The molecule has 1 amide bonds. The van der Waals surface area contributed by atoms with Gasteiger partial charge in [-0.1, -0.05) is 15.9 Å². The average molecular weight is 534 g/mol. The summed E-state index contributed by atoms with van der Waals surface area (Å²) in [6.45, 7) is 1.88. The molecule has 152 valence electrons. The van der Waals surface area contributed by atoms with E-state index in [0.29, 0.717) is 38.2 Å². The van der Waals surface area contributed by atoms with Crippen LogP contribution in [0.1, 0.15) is 15.9 Å². The summed E-state index contributed by atoms with van der Waals surface area (Å²) in [6, 6.07) is 13.0. The number of benzene rings is 3. The molecule has 30 heavy (non-hydrogen) atoms. The molecule has 0 unspecified atom stereocenters. The highest BCUT2D eigenvalue weighted by atomic mass is 79.9. The van der Waals surface area contributed by atoms with Gasteiger partial charge in [0.1, 0.15) is 22.6 Å². The Morgan fingerprint density at radius 2 is 1.73 bits per heavy atom. The molecule has 0 aliphatic heterocycles. The van der Waals surface area contributed by atoms with E-state index in [2.05, 4.69) is 47.4 Å². The molecule has 4 rings (SSSR count). The molecule has 6 nitrogen and oxygen atoms in total. The molecule has 1 N–H and O–H groups in total. The van der Waals surface area contributed by atoms with Gasteiger partial charge in [-0.2, -0.15) is 4.80 Å². The van der Waals surface area contributed by atoms with Crippen molar-refractivity contribution in [1.82, 2.24) is 15.0 Å². The number of fused-ring (bicyclic) bond motifs is 1. The zero-order chi connectivity index (χ0) is 21.4. The maximum atomic E-state index is 13.2. The van der Waals surface area contributed by atoms with Crippen molar-refractivity contribution in [2.45, 2.75) is 6.92 Å². The number of halogens is 3. The van der Waals surface area contributed by atoms with E-state index in [1.54, 1.807) is 30.3 Å². The van der Waals surface area contributed by atoms with Crippen LogP contribution < -0.4 is 10.1 Å². The highest BCUT2D eigenvalue weighted by Gasteiger charge is 2.18. The van der Waals surface area contributed by atoms with Crippen LogP contribution in [-0.4, -0.2) is 28.0 Å². The first-order valence-corrected chi connectivity index (χ1v) is 10.4. The van der Waals surface area contributed by atoms with E-state index >= 15 is 0 Å². The predicted octanol–water partition coefficient (Wildman–Crippen LogP) is 5.65. The number of hydrogen-bond donors (Lipinski definition) is 1. The summed E-state index contributed by atoms with van der Waals surface area (Å²) in [5.41, 5.74) is 3.72. The Labute approximate surface area is 188 Å². The lowest BCUT2D eigenvalue weighted by molar-refractivity contribution is 0.102. The van der Waals surface area contributed by atoms with Crippen molar-refractivity contribution in [3.63, 3.8) is 0 Å². The fourth-order valence-electron chi connectivity index (χ4n) is 3.02. The Hall–Kier alpha value is -2.78. The van der Waals surface area contributed by atoms with Gasteiger partial charge in [0, 0.05) is 10.2 Å². The minimum Gasteiger partial charge on any atom is -0.495 e. The number of nitrogens with zero attached hydrogens (tertiary/aromatic N) is 3. The number of anilines is 1. The number of methoxy groups -OCH3 is 1. The molecule has 0 radical (unpaired) electrons. The van der Waals surface area contributed by atoms with Crippen molar-refractivity contribution < 1.29 is 13.9 Å². The van der Waals surface area contributed by atoms with Crippen LogP contribution in [0.15, 0.2) is 57.5 Å². The van der Waals surface area contributed by atoms with Crippen molar-refractivity contribution in [3.8, 4) is 11.4 Å². The Kier molecular flexibility index (Phi) is 5.57. The Bertz CT molecular complexity index is 1270. The first kappa shape index (κ1) is 20.5. The van der Waals surface area contributed by atoms with Crippen molar-refractivity contribution in [2.75, 3.05) is 12.4 Å². The quantitative estimate of drug-likeness (QED) is 0.368. The van der Waals surface area contributed by atoms with Crippen LogP contribution in [0.3, 0.4) is 0 Å². The molecule has 0 spiro atoms. The fourth-order valence-corrected chi connectivity index (χ4v) is 4.41. The van der Waals surface area contributed by atoms with Crippen molar-refractivity contribution in [3.05, 3.63) is 74.4 Å². The smallest absolute Gasteiger partial charge is 0.259 e. The molecule has 0 aliphatic carbocycles. The van der Waals surface area contributed by atoms with E-state index in [1.807, 2.05) is 13.0 Å². The van der Waals surface area contributed by atoms with Crippen LogP contribution in [-0.2, 0) is 0 Å². The summed E-state index contributed by atoms with van der Waals surface area (Å²) in [7, 11) is 1.51. The predicted molar refractivity (Wildman–Crippen MR) is 120 cm³/mol. The van der Waals surface area contributed by atoms with Gasteiger partial charge in [-0.15, -0.1) is 10.2 Å². The Balaban J connectivity index is 1.69. The number of ether oxygens (including phenoxy) is 1. The third-order valence-corrected chi connectivity index (χ3v) is 5.54. The number of carbonyl (C=O) groups is 1. The molecular weight excluding hydrogens is 519 g/mol. The molecule has 4 aromatic rings. The number of nitrogens with one attached hydrogen (secondary N) is 1. The lowest BCUT2D eigenvalue weighted by Gasteiger charge is -2.13. The van der Waals surface area contributed by atoms with E-state index in [0.717, 1.165) is 10.0 Å². The first-order chi connectivity index (χ1) is 14.4. The van der Waals surface area contributed by atoms with Crippen LogP contribution in [0.2, 0.25) is 0 Å². The molecule has 0 bridgehead atoms. The van der Waals surface area contributed by atoms with Crippen LogP contribution in [0.4, 0.5) is 10.1 Å². The van der Waals surface area contributed by atoms with E-state index in [1.165, 1.54) is 24.0 Å². The van der Waals surface area contributed by atoms with E-state index in [-0.39, 0.29) is 11.7 Å². The Morgan fingerprint density at radius 1 is 1.07 bits per heavy atom. The van der Waals surface area contributed by atoms with Crippen molar-refractivity contribution in [1.29, 1.82) is 0 Å². The minimum atomic E-state index is -0.328. The van der Waals surface area contributed by atoms with Gasteiger partial charge in [-0.3, -0.25) is 4.79 Å². The third-order valence-electron chi connectivity index (χ3n) is 4.49. The van der Waals surface area contributed by atoms with Gasteiger partial charge in [-0.05, 0) is 76.9 Å². The molecule has 1 heterocycles. The number of carbonyl (C=O) groups excluding carboxylic acids is 1. The van der Waals surface area contributed by atoms with Gasteiger partial charge < -0.3 is 10.1 Å². The standard InChI is InChI=1S/C21H15Br2FN4O2/c1-11-7-18-19(27-28(26-18)14-5-3-13(24)4-6-14)10-17(11)25-21(29)15-8-12(22)9-16(23)20(15)30-2/h3-10H,1-2H3,(H,25,29). The van der Waals surface area contributed by atoms with E-state index in [4.69, 9.17) is 4.74 Å². The van der Waals surface area contributed by atoms with Gasteiger partial charge in [-0.25, -0.2) is 4.39 Å². The van der Waals surface area contributed by atoms with Gasteiger partial charge in [0.25, 0.3) is 5.91 Å². The number of aryl methyl sites for hydroxylation is 1. The zero-order valence-electron chi connectivity index (χ0n) is 15.9. The minimum absolute atomic E-state index is 0.317. The number of amides is 1. The molecule has 3 aromatic carbocycles. The molecule has 0 aliphatic rings. The maximum Gasteiger partial charge on any atom is 0.259 e. The highest BCUT2D eigenvalue weighted by molar-refractivity contribution is 9.11. The molecule has 0 saturated heterocycles. The SMILES string of the molecule is COc1c(Br)cc(Br)cc1C(=O)Nc1cc2nn(-c3ccc(F)cc3)nc2cc1C. The van der Waals surface area contributed by atoms with Gasteiger partial charge in [0.15, 0.2) is 0 Å². The molecule has 1 aromatic heterocycles.